The van der Waals surface area contributed by atoms with E-state index in [4.69, 9.17) is 0 Å². The number of urea groups is 1. The van der Waals surface area contributed by atoms with E-state index in [0.717, 1.165) is 32.5 Å². The Balaban J connectivity index is 1.69. The zero-order valence-electron chi connectivity index (χ0n) is 14.2. The van der Waals surface area contributed by atoms with Crippen LogP contribution in [-0.2, 0) is 0 Å². The standard InChI is InChI=1S/C19H29N3O/c1-21-13-14-22(18(15-21)16-9-5-4-6-10-16)19(23)20-17-11-7-2-3-8-12-17/h4-6,9-10,17-18H,2-3,7-8,11-15H2,1H3,(H,20,23). The first-order valence-electron chi connectivity index (χ1n) is 9.04. The van der Waals surface area contributed by atoms with E-state index in [1.165, 1.54) is 31.2 Å². The topological polar surface area (TPSA) is 35.6 Å². The van der Waals surface area contributed by atoms with E-state index in [0.29, 0.717) is 6.04 Å². The van der Waals surface area contributed by atoms with Crippen molar-refractivity contribution in [1.82, 2.24) is 15.1 Å². The molecule has 2 aliphatic rings. The van der Waals surface area contributed by atoms with E-state index in [2.05, 4.69) is 41.5 Å². The Morgan fingerprint density at radius 1 is 1.04 bits per heavy atom. The van der Waals surface area contributed by atoms with Crippen LogP contribution in [0.5, 0.6) is 0 Å². The second-order valence-electron chi connectivity index (χ2n) is 7.02. The number of carbonyl (C=O) groups excluding carboxylic acids is 1. The van der Waals surface area contributed by atoms with Gasteiger partial charge in [-0.2, -0.15) is 0 Å². The Kier molecular flexibility index (Phi) is 5.55. The Labute approximate surface area is 139 Å². The number of piperazine rings is 1. The summed E-state index contributed by atoms with van der Waals surface area (Å²) >= 11 is 0. The highest BCUT2D eigenvalue weighted by Gasteiger charge is 2.31. The van der Waals surface area contributed by atoms with Crippen molar-refractivity contribution in [2.75, 3.05) is 26.7 Å². The summed E-state index contributed by atoms with van der Waals surface area (Å²) in [5, 5.41) is 3.31. The highest BCUT2D eigenvalue weighted by Crippen LogP contribution is 2.25. The summed E-state index contributed by atoms with van der Waals surface area (Å²) in [5.41, 5.74) is 1.23. The quantitative estimate of drug-likeness (QED) is 0.849. The summed E-state index contributed by atoms with van der Waals surface area (Å²) < 4.78 is 0. The molecule has 0 aromatic heterocycles. The van der Waals surface area contributed by atoms with Crippen molar-refractivity contribution in [1.29, 1.82) is 0 Å². The summed E-state index contributed by atoms with van der Waals surface area (Å²) in [5.74, 6) is 0. The maximum atomic E-state index is 12.9. The van der Waals surface area contributed by atoms with Crippen LogP contribution in [-0.4, -0.2) is 48.6 Å². The fraction of sp³-hybridized carbons (Fsp3) is 0.632. The Morgan fingerprint density at radius 3 is 2.43 bits per heavy atom. The molecule has 1 N–H and O–H groups in total. The van der Waals surface area contributed by atoms with Crippen LogP contribution in [0.2, 0.25) is 0 Å². The molecule has 4 heteroatoms. The molecule has 4 nitrogen and oxygen atoms in total. The lowest BCUT2D eigenvalue weighted by atomic mass is 10.0. The monoisotopic (exact) mass is 315 g/mol. The van der Waals surface area contributed by atoms with Gasteiger partial charge in [-0.15, -0.1) is 0 Å². The highest BCUT2D eigenvalue weighted by atomic mass is 16.2. The predicted octanol–water partition coefficient (Wildman–Crippen LogP) is 3.41. The molecule has 2 fully saturated rings. The van der Waals surface area contributed by atoms with E-state index in [9.17, 15) is 4.79 Å². The maximum Gasteiger partial charge on any atom is 0.318 e. The van der Waals surface area contributed by atoms with E-state index >= 15 is 0 Å². The molecule has 1 heterocycles. The SMILES string of the molecule is CN1CCN(C(=O)NC2CCCCCC2)C(c2ccccc2)C1. The number of carbonyl (C=O) groups is 1. The molecule has 1 aromatic carbocycles. The summed E-state index contributed by atoms with van der Waals surface area (Å²) in [6.45, 7) is 2.65. The van der Waals surface area contributed by atoms with Crippen LogP contribution in [0.4, 0.5) is 4.79 Å². The van der Waals surface area contributed by atoms with Gasteiger partial charge in [-0.05, 0) is 25.5 Å². The highest BCUT2D eigenvalue weighted by molar-refractivity contribution is 5.75. The number of nitrogens with zero attached hydrogens (tertiary/aromatic N) is 2. The number of nitrogens with one attached hydrogen (secondary N) is 1. The van der Waals surface area contributed by atoms with Crippen molar-refractivity contribution in [3.8, 4) is 0 Å². The number of benzene rings is 1. The van der Waals surface area contributed by atoms with Crippen LogP contribution in [0, 0.1) is 0 Å². The maximum absolute atomic E-state index is 12.9. The average molecular weight is 315 g/mol. The largest absolute Gasteiger partial charge is 0.335 e. The molecule has 126 valence electrons. The second kappa shape index (κ2) is 7.82. The van der Waals surface area contributed by atoms with Gasteiger partial charge in [0.1, 0.15) is 0 Å². The molecule has 3 rings (SSSR count). The fourth-order valence-corrected chi connectivity index (χ4v) is 3.80. The van der Waals surface area contributed by atoms with Gasteiger partial charge in [-0.25, -0.2) is 4.79 Å². The third-order valence-electron chi connectivity index (χ3n) is 5.21. The van der Waals surface area contributed by atoms with Crippen molar-refractivity contribution in [3.63, 3.8) is 0 Å². The molecule has 1 atom stereocenters. The Morgan fingerprint density at radius 2 is 1.74 bits per heavy atom. The molecule has 23 heavy (non-hydrogen) atoms. The van der Waals surface area contributed by atoms with Gasteiger partial charge in [0.2, 0.25) is 0 Å². The number of amides is 2. The van der Waals surface area contributed by atoms with Gasteiger partial charge in [-0.3, -0.25) is 0 Å². The van der Waals surface area contributed by atoms with Gasteiger partial charge < -0.3 is 15.1 Å². The smallest absolute Gasteiger partial charge is 0.318 e. The molecular formula is C19H29N3O. The fourth-order valence-electron chi connectivity index (χ4n) is 3.80. The summed E-state index contributed by atoms with van der Waals surface area (Å²) in [6, 6.07) is 11.1. The lowest BCUT2D eigenvalue weighted by Crippen LogP contribution is -2.54. The van der Waals surface area contributed by atoms with Crippen molar-refractivity contribution < 1.29 is 4.79 Å². The molecule has 1 aliphatic carbocycles. The van der Waals surface area contributed by atoms with Crippen LogP contribution < -0.4 is 5.32 Å². The van der Waals surface area contributed by atoms with E-state index in [1.54, 1.807) is 0 Å². The van der Waals surface area contributed by atoms with Gasteiger partial charge in [0.15, 0.2) is 0 Å². The van der Waals surface area contributed by atoms with Gasteiger partial charge in [-0.1, -0.05) is 56.0 Å². The first-order chi connectivity index (χ1) is 11.2. The Bertz CT molecular complexity index is 497. The van der Waals surface area contributed by atoms with E-state index < -0.39 is 0 Å². The average Bonchev–Trinajstić information content (AvgIpc) is 2.84. The van der Waals surface area contributed by atoms with E-state index in [-0.39, 0.29) is 12.1 Å². The van der Waals surface area contributed by atoms with Crippen LogP contribution >= 0.6 is 0 Å². The summed E-state index contributed by atoms with van der Waals surface area (Å²) in [6.07, 6.45) is 7.39. The molecule has 1 unspecified atom stereocenters. The minimum atomic E-state index is 0.124. The second-order valence-corrected chi connectivity index (χ2v) is 7.02. The summed E-state index contributed by atoms with van der Waals surface area (Å²) in [7, 11) is 2.14. The molecule has 1 aliphatic heterocycles. The number of hydrogen-bond acceptors (Lipinski definition) is 2. The van der Waals surface area contributed by atoms with Crippen molar-refractivity contribution >= 4 is 6.03 Å². The third-order valence-corrected chi connectivity index (χ3v) is 5.21. The third kappa shape index (κ3) is 4.25. The van der Waals surface area contributed by atoms with Crippen molar-refractivity contribution in [2.45, 2.75) is 50.6 Å². The summed E-state index contributed by atoms with van der Waals surface area (Å²) in [4.78, 5) is 17.2. The van der Waals surface area contributed by atoms with Crippen LogP contribution in [0.3, 0.4) is 0 Å². The Hall–Kier alpha value is -1.55. The molecule has 0 bridgehead atoms. The van der Waals surface area contributed by atoms with Gasteiger partial charge in [0.05, 0.1) is 6.04 Å². The van der Waals surface area contributed by atoms with Gasteiger partial charge in [0, 0.05) is 25.7 Å². The molecule has 1 aromatic rings. The van der Waals surface area contributed by atoms with Crippen LogP contribution in [0.1, 0.15) is 50.1 Å². The zero-order valence-corrected chi connectivity index (χ0v) is 14.2. The van der Waals surface area contributed by atoms with Gasteiger partial charge >= 0.3 is 6.03 Å². The molecule has 0 radical (unpaired) electrons. The first-order valence-corrected chi connectivity index (χ1v) is 9.04. The molecule has 1 saturated carbocycles. The first kappa shape index (κ1) is 16.3. The lowest BCUT2D eigenvalue weighted by Gasteiger charge is -2.40. The molecule has 0 spiro atoms. The number of hydrogen-bond donors (Lipinski definition) is 1. The molecular weight excluding hydrogens is 286 g/mol. The zero-order chi connectivity index (χ0) is 16.1. The van der Waals surface area contributed by atoms with Crippen molar-refractivity contribution in [2.24, 2.45) is 0 Å². The number of rotatable bonds is 2. The van der Waals surface area contributed by atoms with Crippen LogP contribution in [0.25, 0.3) is 0 Å². The normalized spacial score (nSPS) is 24.2. The minimum absolute atomic E-state index is 0.124. The number of likely N-dealkylation sites (N-methyl/N-ethyl adjacent to an activating group) is 1. The van der Waals surface area contributed by atoms with E-state index in [1.807, 2.05) is 11.0 Å². The van der Waals surface area contributed by atoms with Gasteiger partial charge in [0.25, 0.3) is 0 Å². The predicted molar refractivity (Wildman–Crippen MR) is 93.4 cm³/mol. The lowest BCUT2D eigenvalue weighted by molar-refractivity contribution is 0.106. The van der Waals surface area contributed by atoms with Crippen LogP contribution in [0.15, 0.2) is 30.3 Å². The molecule has 1 saturated heterocycles. The molecule has 2 amide bonds. The van der Waals surface area contributed by atoms with Crippen molar-refractivity contribution in [3.05, 3.63) is 35.9 Å². The minimum Gasteiger partial charge on any atom is -0.335 e.